The second-order valence-electron chi connectivity index (χ2n) is 3.32. The Hall–Kier alpha value is -0.120. The van der Waals surface area contributed by atoms with Crippen molar-refractivity contribution < 1.29 is 9.47 Å². The summed E-state index contributed by atoms with van der Waals surface area (Å²) in [5.41, 5.74) is 0. The van der Waals surface area contributed by atoms with Crippen LogP contribution in [0, 0.1) is 0 Å². The average Bonchev–Trinajstić information content (AvgIpc) is 2.27. The van der Waals surface area contributed by atoms with E-state index in [0.29, 0.717) is 18.3 Å². The molecular formula is C8H15NO2. The number of ether oxygens (including phenoxy) is 2. The van der Waals surface area contributed by atoms with Gasteiger partial charge in [-0.3, -0.25) is 0 Å². The lowest BCUT2D eigenvalue weighted by Gasteiger charge is -2.30. The van der Waals surface area contributed by atoms with Crippen LogP contribution in [-0.4, -0.2) is 38.0 Å². The third-order valence-electron chi connectivity index (χ3n) is 2.42. The van der Waals surface area contributed by atoms with Crippen LogP contribution in [0.1, 0.15) is 13.3 Å². The van der Waals surface area contributed by atoms with Crippen molar-refractivity contribution in [2.75, 3.05) is 19.7 Å². The number of hydrogen-bond donors (Lipinski definition) is 1. The smallest absolute Gasteiger partial charge is 0.0860 e. The molecule has 0 bridgehead atoms. The van der Waals surface area contributed by atoms with Crippen molar-refractivity contribution in [3.05, 3.63) is 0 Å². The molecule has 3 heteroatoms. The van der Waals surface area contributed by atoms with Crippen LogP contribution in [0.25, 0.3) is 0 Å². The summed E-state index contributed by atoms with van der Waals surface area (Å²) in [7, 11) is 0. The van der Waals surface area contributed by atoms with Crippen LogP contribution in [0.3, 0.4) is 0 Å². The van der Waals surface area contributed by atoms with Crippen LogP contribution < -0.4 is 5.32 Å². The maximum absolute atomic E-state index is 5.77. The van der Waals surface area contributed by atoms with Gasteiger partial charge in [0.1, 0.15) is 0 Å². The summed E-state index contributed by atoms with van der Waals surface area (Å²) in [5, 5.41) is 3.18. The van der Waals surface area contributed by atoms with E-state index < -0.39 is 0 Å². The van der Waals surface area contributed by atoms with Gasteiger partial charge in [0.25, 0.3) is 0 Å². The molecule has 2 fully saturated rings. The molecule has 2 atom stereocenters. The second kappa shape index (κ2) is 3.09. The van der Waals surface area contributed by atoms with E-state index in [2.05, 4.69) is 12.2 Å². The molecule has 0 aromatic carbocycles. The van der Waals surface area contributed by atoms with Gasteiger partial charge in [-0.2, -0.15) is 0 Å². The minimum Gasteiger partial charge on any atom is -0.376 e. The zero-order valence-electron chi connectivity index (χ0n) is 6.88. The Morgan fingerprint density at radius 1 is 1.45 bits per heavy atom. The molecule has 0 spiro atoms. The van der Waals surface area contributed by atoms with E-state index in [4.69, 9.17) is 9.47 Å². The molecule has 2 aliphatic rings. The maximum atomic E-state index is 5.77. The zero-order valence-corrected chi connectivity index (χ0v) is 6.88. The van der Waals surface area contributed by atoms with Gasteiger partial charge in [-0.1, -0.05) is 0 Å². The van der Waals surface area contributed by atoms with E-state index in [9.17, 15) is 0 Å². The predicted molar refractivity (Wildman–Crippen MR) is 41.6 cm³/mol. The monoisotopic (exact) mass is 157 g/mol. The minimum atomic E-state index is 0.301. The summed E-state index contributed by atoms with van der Waals surface area (Å²) in [4.78, 5) is 0. The molecule has 2 heterocycles. The summed E-state index contributed by atoms with van der Waals surface area (Å²) in [5.74, 6) is 0. The maximum Gasteiger partial charge on any atom is 0.0860 e. The van der Waals surface area contributed by atoms with Crippen molar-refractivity contribution >= 4 is 0 Å². The highest BCUT2D eigenvalue weighted by molar-refractivity contribution is 4.80. The molecular weight excluding hydrogens is 142 g/mol. The van der Waals surface area contributed by atoms with Gasteiger partial charge in [0.05, 0.1) is 18.3 Å². The molecule has 0 aromatic heterocycles. The first kappa shape index (κ1) is 7.53. The Labute approximate surface area is 67.1 Å². The summed E-state index contributed by atoms with van der Waals surface area (Å²) in [6, 6.07) is 0. The van der Waals surface area contributed by atoms with Crippen molar-refractivity contribution in [3.8, 4) is 0 Å². The lowest BCUT2D eigenvalue weighted by atomic mass is 10.2. The summed E-state index contributed by atoms with van der Waals surface area (Å²) in [6.07, 6.45) is 2.17. The zero-order chi connectivity index (χ0) is 7.68. The Balaban J connectivity index is 1.75. The Morgan fingerprint density at radius 3 is 2.73 bits per heavy atom. The quantitative estimate of drug-likeness (QED) is 0.619. The van der Waals surface area contributed by atoms with E-state index in [-0.39, 0.29) is 0 Å². The van der Waals surface area contributed by atoms with E-state index in [1.54, 1.807) is 0 Å². The Bertz CT molecular complexity index is 136. The van der Waals surface area contributed by atoms with Crippen molar-refractivity contribution in [1.29, 1.82) is 0 Å². The van der Waals surface area contributed by atoms with Crippen molar-refractivity contribution in [3.63, 3.8) is 0 Å². The highest BCUT2D eigenvalue weighted by atomic mass is 16.6. The van der Waals surface area contributed by atoms with Crippen LogP contribution >= 0.6 is 0 Å². The van der Waals surface area contributed by atoms with E-state index in [0.717, 1.165) is 26.1 Å². The average molecular weight is 157 g/mol. The van der Waals surface area contributed by atoms with E-state index in [1.807, 2.05) is 0 Å². The number of rotatable bonds is 2. The number of hydrogen-bond acceptors (Lipinski definition) is 3. The largest absolute Gasteiger partial charge is 0.376 e. The molecule has 0 aliphatic carbocycles. The fourth-order valence-electron chi connectivity index (χ4n) is 1.50. The van der Waals surface area contributed by atoms with Gasteiger partial charge in [-0.15, -0.1) is 0 Å². The van der Waals surface area contributed by atoms with Gasteiger partial charge in [0.2, 0.25) is 0 Å². The lowest BCUT2D eigenvalue weighted by molar-refractivity contribution is -0.0633. The first-order chi connectivity index (χ1) is 5.36. The molecule has 0 amide bonds. The van der Waals surface area contributed by atoms with Gasteiger partial charge in [0.15, 0.2) is 0 Å². The third-order valence-corrected chi connectivity index (χ3v) is 2.42. The molecule has 0 radical (unpaired) electrons. The van der Waals surface area contributed by atoms with Crippen molar-refractivity contribution in [2.45, 2.75) is 31.7 Å². The van der Waals surface area contributed by atoms with Crippen LogP contribution in [-0.2, 0) is 9.47 Å². The van der Waals surface area contributed by atoms with Crippen LogP contribution in [0.4, 0.5) is 0 Å². The molecule has 2 rings (SSSR count). The minimum absolute atomic E-state index is 0.301. The van der Waals surface area contributed by atoms with Crippen LogP contribution in [0.5, 0.6) is 0 Å². The molecule has 11 heavy (non-hydrogen) atoms. The van der Waals surface area contributed by atoms with E-state index >= 15 is 0 Å². The van der Waals surface area contributed by atoms with Gasteiger partial charge in [0, 0.05) is 19.7 Å². The van der Waals surface area contributed by atoms with Gasteiger partial charge >= 0.3 is 0 Å². The summed E-state index contributed by atoms with van der Waals surface area (Å²) >= 11 is 0. The normalized spacial score (nSPS) is 39.0. The van der Waals surface area contributed by atoms with Crippen LogP contribution in [0.15, 0.2) is 0 Å². The highest BCUT2D eigenvalue weighted by Crippen LogP contribution is 2.18. The highest BCUT2D eigenvalue weighted by Gasteiger charge is 2.29. The Morgan fingerprint density at radius 2 is 2.27 bits per heavy atom. The summed E-state index contributed by atoms with van der Waals surface area (Å²) < 4.78 is 11.2. The number of nitrogens with one attached hydrogen (secondary N) is 1. The fourth-order valence-corrected chi connectivity index (χ4v) is 1.50. The first-order valence-electron chi connectivity index (χ1n) is 4.34. The second-order valence-corrected chi connectivity index (χ2v) is 3.32. The van der Waals surface area contributed by atoms with E-state index in [1.165, 1.54) is 0 Å². The van der Waals surface area contributed by atoms with Crippen molar-refractivity contribution in [1.82, 2.24) is 5.32 Å². The molecule has 2 aliphatic heterocycles. The molecule has 2 saturated heterocycles. The molecule has 1 N–H and O–H groups in total. The standard InChI is InChI=1S/C8H15NO2/c1-6-8(2-3-10-6)11-7-4-9-5-7/h6-9H,2-5H2,1H3. The SMILES string of the molecule is CC1OCCC1OC1CNC1. The fraction of sp³-hybridized carbons (Fsp3) is 1.00. The molecule has 3 nitrogen and oxygen atoms in total. The molecule has 0 saturated carbocycles. The molecule has 0 aromatic rings. The van der Waals surface area contributed by atoms with Gasteiger partial charge in [-0.25, -0.2) is 0 Å². The van der Waals surface area contributed by atoms with Crippen molar-refractivity contribution in [2.24, 2.45) is 0 Å². The topological polar surface area (TPSA) is 30.5 Å². The molecule has 2 unspecified atom stereocenters. The Kier molecular flexibility index (Phi) is 2.11. The molecule has 64 valence electrons. The summed E-state index contributed by atoms with van der Waals surface area (Å²) in [6.45, 7) is 4.99. The third kappa shape index (κ3) is 1.55. The predicted octanol–water partition coefficient (Wildman–Crippen LogP) is 0.152. The van der Waals surface area contributed by atoms with Gasteiger partial charge < -0.3 is 14.8 Å². The van der Waals surface area contributed by atoms with Gasteiger partial charge in [-0.05, 0) is 13.3 Å². The lowest BCUT2D eigenvalue weighted by Crippen LogP contribution is -2.50. The first-order valence-corrected chi connectivity index (χ1v) is 4.34. The van der Waals surface area contributed by atoms with Crippen LogP contribution in [0.2, 0.25) is 0 Å².